The van der Waals surface area contributed by atoms with Crippen molar-refractivity contribution in [2.75, 3.05) is 39.8 Å². The first-order chi connectivity index (χ1) is 18.2. The van der Waals surface area contributed by atoms with Gasteiger partial charge < -0.3 is 9.47 Å². The van der Waals surface area contributed by atoms with Gasteiger partial charge in [0.2, 0.25) is 6.41 Å². The molecule has 0 aliphatic carbocycles. The Balaban J connectivity index is 1.73. The normalized spacial score (nSPS) is 17.7. The maximum absolute atomic E-state index is 12.9. The second-order valence-electron chi connectivity index (χ2n) is 13.3. The molecule has 8 heteroatoms. The molecule has 0 N–H and O–H groups in total. The number of aryl methyl sites for hydroxylation is 1. The van der Waals surface area contributed by atoms with E-state index < -0.39 is 0 Å². The smallest absolute Gasteiger partial charge is 0.330 e. The van der Waals surface area contributed by atoms with Gasteiger partial charge in [0.15, 0.2) is 5.65 Å². The van der Waals surface area contributed by atoms with E-state index in [2.05, 4.69) is 89.5 Å². The SMILES string of the molecule is COC(OC(C)(C)C)N1CCN(CC(C=CC(C)C)=CCc2ccc3c(n2)n(C)c(=O)n3CC(C)(C)C)CC1. The van der Waals surface area contributed by atoms with Gasteiger partial charge in [0.25, 0.3) is 0 Å². The van der Waals surface area contributed by atoms with Gasteiger partial charge >= 0.3 is 5.69 Å². The summed E-state index contributed by atoms with van der Waals surface area (Å²) in [6.07, 6.45) is 7.19. The summed E-state index contributed by atoms with van der Waals surface area (Å²) in [5.41, 5.74) is 3.63. The first kappa shape index (κ1) is 31.3. The van der Waals surface area contributed by atoms with E-state index in [4.69, 9.17) is 14.5 Å². The number of nitrogens with zero attached hydrogens (tertiary/aromatic N) is 5. The Kier molecular flexibility index (Phi) is 10.4. The molecule has 8 nitrogen and oxygen atoms in total. The summed E-state index contributed by atoms with van der Waals surface area (Å²) in [5, 5.41) is 0. The predicted molar refractivity (Wildman–Crippen MR) is 160 cm³/mol. The van der Waals surface area contributed by atoms with Crippen LogP contribution in [0.2, 0.25) is 0 Å². The molecule has 0 spiro atoms. The second-order valence-corrected chi connectivity index (χ2v) is 13.3. The Bertz CT molecular complexity index is 1200. The lowest BCUT2D eigenvalue weighted by molar-refractivity contribution is -0.257. The van der Waals surface area contributed by atoms with Gasteiger partial charge in [-0.1, -0.05) is 52.8 Å². The molecule has 3 rings (SSSR count). The molecule has 0 amide bonds. The van der Waals surface area contributed by atoms with Crippen LogP contribution in [-0.2, 0) is 29.5 Å². The van der Waals surface area contributed by atoms with Crippen molar-refractivity contribution in [3.63, 3.8) is 0 Å². The monoisotopic (exact) mass is 541 g/mol. The predicted octanol–water partition coefficient (Wildman–Crippen LogP) is 4.82. The lowest BCUT2D eigenvalue weighted by atomic mass is 9.97. The zero-order valence-electron chi connectivity index (χ0n) is 26.0. The van der Waals surface area contributed by atoms with Crippen molar-refractivity contribution >= 4 is 11.2 Å². The molecule has 1 unspecified atom stereocenters. The Hall–Kier alpha value is -2.26. The third-order valence-electron chi connectivity index (χ3n) is 6.71. The summed E-state index contributed by atoms with van der Waals surface area (Å²) in [4.78, 5) is 22.6. The molecule has 1 saturated heterocycles. The minimum atomic E-state index is -0.321. The summed E-state index contributed by atoms with van der Waals surface area (Å²) in [6.45, 7) is 22.3. The number of aromatic nitrogens is 3. The number of imidazole rings is 1. The van der Waals surface area contributed by atoms with Crippen molar-refractivity contribution in [2.24, 2.45) is 18.4 Å². The maximum Gasteiger partial charge on any atom is 0.330 e. The van der Waals surface area contributed by atoms with Crippen LogP contribution in [0.1, 0.15) is 61.1 Å². The minimum Gasteiger partial charge on any atom is -0.343 e. The van der Waals surface area contributed by atoms with Gasteiger partial charge in [-0.15, -0.1) is 0 Å². The number of ether oxygens (including phenoxy) is 2. The van der Waals surface area contributed by atoms with Gasteiger partial charge in [0.05, 0.1) is 11.1 Å². The number of allylic oxidation sites excluding steroid dienone is 2. The van der Waals surface area contributed by atoms with Crippen LogP contribution in [-0.4, -0.2) is 75.8 Å². The zero-order valence-corrected chi connectivity index (χ0v) is 26.0. The molecule has 2 aromatic rings. The van der Waals surface area contributed by atoms with E-state index in [1.54, 1.807) is 11.7 Å². The molecule has 0 saturated carbocycles. The van der Waals surface area contributed by atoms with E-state index in [1.165, 1.54) is 5.57 Å². The summed E-state index contributed by atoms with van der Waals surface area (Å²) in [5.74, 6) is 0.480. The van der Waals surface area contributed by atoms with Gasteiger partial charge in [-0.25, -0.2) is 9.78 Å². The molecule has 0 radical (unpaired) electrons. The zero-order chi connectivity index (χ0) is 29.0. The number of piperazine rings is 1. The van der Waals surface area contributed by atoms with Crippen molar-refractivity contribution in [1.29, 1.82) is 0 Å². The van der Waals surface area contributed by atoms with Crippen LogP contribution in [0.4, 0.5) is 0 Å². The van der Waals surface area contributed by atoms with Crippen molar-refractivity contribution in [2.45, 2.75) is 80.4 Å². The molecule has 3 heterocycles. The fourth-order valence-electron chi connectivity index (χ4n) is 4.75. The summed E-state index contributed by atoms with van der Waals surface area (Å²) in [7, 11) is 3.52. The highest BCUT2D eigenvalue weighted by Gasteiger charge is 2.28. The Morgan fingerprint density at radius 2 is 1.74 bits per heavy atom. The summed E-state index contributed by atoms with van der Waals surface area (Å²) < 4.78 is 15.3. The number of fused-ring (bicyclic) bond motifs is 1. The van der Waals surface area contributed by atoms with Crippen LogP contribution in [0.15, 0.2) is 40.7 Å². The van der Waals surface area contributed by atoms with E-state index in [9.17, 15) is 4.79 Å². The molecule has 1 atom stereocenters. The largest absolute Gasteiger partial charge is 0.343 e. The topological polar surface area (TPSA) is 64.8 Å². The van der Waals surface area contributed by atoms with Gasteiger partial charge in [0.1, 0.15) is 0 Å². The molecular weight excluding hydrogens is 490 g/mol. The van der Waals surface area contributed by atoms with E-state index in [-0.39, 0.29) is 23.1 Å². The molecular formula is C31H51N5O3. The van der Waals surface area contributed by atoms with Crippen LogP contribution in [0.5, 0.6) is 0 Å². The van der Waals surface area contributed by atoms with Crippen molar-refractivity contribution in [1.82, 2.24) is 23.9 Å². The molecule has 1 aliphatic heterocycles. The van der Waals surface area contributed by atoms with Crippen molar-refractivity contribution < 1.29 is 9.47 Å². The summed E-state index contributed by atoms with van der Waals surface area (Å²) >= 11 is 0. The van der Waals surface area contributed by atoms with Gasteiger partial charge in [-0.2, -0.15) is 0 Å². The third-order valence-corrected chi connectivity index (χ3v) is 6.71. The number of methoxy groups -OCH3 is 1. The lowest BCUT2D eigenvalue weighted by Gasteiger charge is -2.40. The average Bonchev–Trinajstić information content (AvgIpc) is 3.07. The van der Waals surface area contributed by atoms with Gasteiger partial charge in [0, 0.05) is 65.5 Å². The quantitative estimate of drug-likeness (QED) is 0.317. The summed E-state index contributed by atoms with van der Waals surface area (Å²) in [6, 6.07) is 4.10. The van der Waals surface area contributed by atoms with Gasteiger partial charge in [-0.05, 0) is 49.8 Å². The molecule has 218 valence electrons. The van der Waals surface area contributed by atoms with Gasteiger partial charge in [-0.3, -0.25) is 18.9 Å². The highest BCUT2D eigenvalue weighted by atomic mass is 16.7. The van der Waals surface area contributed by atoms with Crippen LogP contribution in [0, 0.1) is 11.3 Å². The van der Waals surface area contributed by atoms with Crippen LogP contribution >= 0.6 is 0 Å². The fraction of sp³-hybridized carbons (Fsp3) is 0.677. The minimum absolute atomic E-state index is 0.00669. The number of pyridine rings is 1. The number of rotatable bonds is 10. The lowest BCUT2D eigenvalue weighted by Crippen LogP contribution is -2.53. The average molecular weight is 542 g/mol. The molecule has 0 bridgehead atoms. The third kappa shape index (κ3) is 9.13. The number of hydrogen-bond acceptors (Lipinski definition) is 6. The van der Waals surface area contributed by atoms with Crippen molar-refractivity contribution in [3.05, 3.63) is 52.1 Å². The molecule has 2 aromatic heterocycles. The number of hydrogen-bond donors (Lipinski definition) is 0. The van der Waals surface area contributed by atoms with Crippen LogP contribution in [0.25, 0.3) is 11.2 Å². The Labute approximate surface area is 235 Å². The van der Waals surface area contributed by atoms with E-state index in [0.717, 1.165) is 56.0 Å². The Morgan fingerprint density at radius 1 is 1.08 bits per heavy atom. The maximum atomic E-state index is 12.9. The highest BCUT2D eigenvalue weighted by Crippen LogP contribution is 2.21. The first-order valence-corrected chi connectivity index (χ1v) is 14.3. The molecule has 1 aliphatic rings. The Morgan fingerprint density at radius 3 is 2.31 bits per heavy atom. The standard InChI is InChI=1S/C31H51N5O3/c1-23(2)11-12-24(21-34-17-19-35(20-18-34)29(38-10)39-31(6,7)8)13-14-25-15-16-26-27(32-25)33(9)28(37)36(26)22-30(3,4)5/h11-13,15-16,23,29H,14,17-22H2,1-10H3. The van der Waals surface area contributed by atoms with Crippen LogP contribution in [0.3, 0.4) is 0 Å². The molecule has 1 fully saturated rings. The van der Waals surface area contributed by atoms with Crippen molar-refractivity contribution in [3.8, 4) is 0 Å². The second kappa shape index (κ2) is 12.9. The van der Waals surface area contributed by atoms with E-state index in [0.29, 0.717) is 12.5 Å². The molecule has 0 aromatic carbocycles. The van der Waals surface area contributed by atoms with Crippen LogP contribution < -0.4 is 5.69 Å². The highest BCUT2D eigenvalue weighted by molar-refractivity contribution is 5.71. The van der Waals surface area contributed by atoms with E-state index >= 15 is 0 Å². The first-order valence-electron chi connectivity index (χ1n) is 14.3. The van der Waals surface area contributed by atoms with E-state index in [1.807, 2.05) is 17.7 Å². The fourth-order valence-corrected chi connectivity index (χ4v) is 4.75. The molecule has 39 heavy (non-hydrogen) atoms.